The van der Waals surface area contributed by atoms with E-state index in [1.54, 1.807) is 30.3 Å². The topological polar surface area (TPSA) is 85.4 Å². The van der Waals surface area contributed by atoms with Gasteiger partial charge in [-0.05, 0) is 42.5 Å². The second-order valence-electron chi connectivity index (χ2n) is 5.32. The summed E-state index contributed by atoms with van der Waals surface area (Å²) in [5.41, 5.74) is 1.37. The van der Waals surface area contributed by atoms with E-state index in [4.69, 9.17) is 9.47 Å². The predicted octanol–water partition coefficient (Wildman–Crippen LogP) is 3.20. The van der Waals surface area contributed by atoms with Crippen LogP contribution in [0.1, 0.15) is 10.4 Å². The number of hydrogen-bond donors (Lipinski definition) is 2. The van der Waals surface area contributed by atoms with Gasteiger partial charge in [0.15, 0.2) is 23.1 Å². The van der Waals surface area contributed by atoms with Gasteiger partial charge in [-0.15, -0.1) is 10.2 Å². The Labute approximate surface area is 143 Å². The summed E-state index contributed by atoms with van der Waals surface area (Å²) in [4.78, 5) is 12.3. The molecule has 0 radical (unpaired) electrons. The molecule has 124 valence electrons. The molecular weight excluding hydrogens is 320 g/mol. The molecular formula is C18H14N4O3. The van der Waals surface area contributed by atoms with Crippen LogP contribution in [-0.4, -0.2) is 22.9 Å². The van der Waals surface area contributed by atoms with Crippen molar-refractivity contribution in [2.24, 2.45) is 0 Å². The van der Waals surface area contributed by atoms with Crippen LogP contribution in [0.2, 0.25) is 0 Å². The van der Waals surface area contributed by atoms with Crippen molar-refractivity contribution in [3.05, 3.63) is 66.2 Å². The molecule has 1 aliphatic rings. The fraction of sp³-hybridized carbons (Fsp3) is 0.0556. The fourth-order valence-corrected chi connectivity index (χ4v) is 2.36. The quantitative estimate of drug-likeness (QED) is 0.762. The van der Waals surface area contributed by atoms with Gasteiger partial charge in [-0.25, -0.2) is 0 Å². The second-order valence-corrected chi connectivity index (χ2v) is 5.32. The van der Waals surface area contributed by atoms with E-state index in [-0.39, 0.29) is 12.7 Å². The lowest BCUT2D eigenvalue weighted by atomic mass is 10.2. The minimum Gasteiger partial charge on any atom is -0.454 e. The fourth-order valence-electron chi connectivity index (χ4n) is 2.36. The Morgan fingerprint density at radius 2 is 1.64 bits per heavy atom. The van der Waals surface area contributed by atoms with Crippen LogP contribution in [0, 0.1) is 0 Å². The first-order valence-corrected chi connectivity index (χ1v) is 7.65. The molecule has 1 aromatic heterocycles. The Balaban J connectivity index is 1.43. The molecule has 7 heteroatoms. The second kappa shape index (κ2) is 6.48. The number of anilines is 3. The van der Waals surface area contributed by atoms with Crippen LogP contribution >= 0.6 is 0 Å². The smallest absolute Gasteiger partial charge is 0.257 e. The summed E-state index contributed by atoms with van der Waals surface area (Å²) in [6, 6.07) is 18.1. The van der Waals surface area contributed by atoms with Crippen molar-refractivity contribution in [3.63, 3.8) is 0 Å². The number of nitrogens with zero attached hydrogens (tertiary/aromatic N) is 2. The maximum atomic E-state index is 12.3. The van der Waals surface area contributed by atoms with Crippen LogP contribution in [-0.2, 0) is 0 Å². The van der Waals surface area contributed by atoms with Crippen molar-refractivity contribution in [1.82, 2.24) is 10.2 Å². The van der Waals surface area contributed by atoms with E-state index in [1.807, 2.05) is 30.3 Å². The van der Waals surface area contributed by atoms with Gasteiger partial charge in [0.1, 0.15) is 0 Å². The average molecular weight is 334 g/mol. The summed E-state index contributed by atoms with van der Waals surface area (Å²) in [5, 5.41) is 13.9. The first-order chi connectivity index (χ1) is 12.3. The maximum absolute atomic E-state index is 12.3. The highest BCUT2D eigenvalue weighted by molar-refractivity contribution is 6.04. The average Bonchev–Trinajstić information content (AvgIpc) is 3.12. The number of amides is 1. The molecule has 3 aromatic rings. The summed E-state index contributed by atoms with van der Waals surface area (Å²) in [7, 11) is 0. The third-order valence-electron chi connectivity index (χ3n) is 3.59. The van der Waals surface area contributed by atoms with E-state index < -0.39 is 0 Å². The molecule has 25 heavy (non-hydrogen) atoms. The molecule has 0 fully saturated rings. The molecule has 2 N–H and O–H groups in total. The summed E-state index contributed by atoms with van der Waals surface area (Å²) in [5.74, 6) is 1.85. The molecule has 0 aliphatic carbocycles. The molecule has 0 atom stereocenters. The van der Waals surface area contributed by atoms with Crippen molar-refractivity contribution < 1.29 is 14.3 Å². The number of carbonyl (C=O) groups excluding carboxylic acids is 1. The van der Waals surface area contributed by atoms with Gasteiger partial charge < -0.3 is 20.1 Å². The third-order valence-corrected chi connectivity index (χ3v) is 3.59. The van der Waals surface area contributed by atoms with Gasteiger partial charge in [0.25, 0.3) is 5.91 Å². The van der Waals surface area contributed by atoms with Crippen LogP contribution in [0.15, 0.2) is 60.7 Å². The highest BCUT2D eigenvalue weighted by Gasteiger charge is 2.16. The Hall–Kier alpha value is -3.61. The molecule has 1 amide bonds. The number of para-hydroxylation sites is 1. The normalized spacial score (nSPS) is 11.8. The molecule has 0 unspecified atom stereocenters. The van der Waals surface area contributed by atoms with E-state index >= 15 is 0 Å². The zero-order valence-corrected chi connectivity index (χ0v) is 13.1. The highest BCUT2D eigenvalue weighted by Crippen LogP contribution is 2.32. The molecule has 4 rings (SSSR count). The van der Waals surface area contributed by atoms with Gasteiger partial charge in [0.05, 0.1) is 0 Å². The Morgan fingerprint density at radius 1 is 0.880 bits per heavy atom. The number of benzene rings is 2. The van der Waals surface area contributed by atoms with E-state index in [9.17, 15) is 4.79 Å². The minimum atomic E-state index is -0.295. The summed E-state index contributed by atoms with van der Waals surface area (Å²) >= 11 is 0. The van der Waals surface area contributed by atoms with Gasteiger partial charge in [0, 0.05) is 11.3 Å². The van der Waals surface area contributed by atoms with E-state index in [2.05, 4.69) is 20.8 Å². The summed E-state index contributed by atoms with van der Waals surface area (Å²) in [6.45, 7) is 0.168. The van der Waals surface area contributed by atoms with Crippen LogP contribution < -0.4 is 20.1 Å². The Kier molecular flexibility index (Phi) is 3.88. The number of ether oxygens (including phenoxy) is 2. The number of fused-ring (bicyclic) bond motifs is 1. The molecule has 2 aromatic carbocycles. The first-order valence-electron chi connectivity index (χ1n) is 7.65. The number of rotatable bonds is 4. The van der Waals surface area contributed by atoms with Crippen LogP contribution in [0.4, 0.5) is 17.3 Å². The van der Waals surface area contributed by atoms with Gasteiger partial charge in [-0.3, -0.25) is 4.79 Å². The van der Waals surface area contributed by atoms with E-state index in [1.165, 1.54) is 0 Å². The lowest BCUT2D eigenvalue weighted by molar-refractivity contribution is 0.102. The zero-order valence-electron chi connectivity index (χ0n) is 13.1. The van der Waals surface area contributed by atoms with Gasteiger partial charge >= 0.3 is 0 Å². The van der Waals surface area contributed by atoms with Gasteiger partial charge in [-0.2, -0.15) is 0 Å². The van der Waals surface area contributed by atoms with E-state index in [0.29, 0.717) is 28.7 Å². The molecule has 0 spiro atoms. The van der Waals surface area contributed by atoms with Crippen LogP contribution in [0.5, 0.6) is 11.5 Å². The van der Waals surface area contributed by atoms with Crippen molar-refractivity contribution in [1.29, 1.82) is 0 Å². The monoisotopic (exact) mass is 334 g/mol. The summed E-state index contributed by atoms with van der Waals surface area (Å²) < 4.78 is 10.5. The molecule has 0 bridgehead atoms. The molecule has 2 heterocycles. The molecule has 7 nitrogen and oxygen atoms in total. The third kappa shape index (κ3) is 3.35. The van der Waals surface area contributed by atoms with E-state index in [0.717, 1.165) is 5.69 Å². The minimum absolute atomic E-state index is 0.168. The number of carbonyl (C=O) groups is 1. The SMILES string of the molecule is O=C(Nc1ccc(Nc2ccccc2)nn1)c1ccc2c(c1)OCO2. The molecule has 0 saturated heterocycles. The van der Waals surface area contributed by atoms with Crippen LogP contribution in [0.25, 0.3) is 0 Å². The maximum Gasteiger partial charge on any atom is 0.257 e. The van der Waals surface area contributed by atoms with Gasteiger partial charge in [0.2, 0.25) is 6.79 Å². The predicted molar refractivity (Wildman–Crippen MR) is 92.3 cm³/mol. The largest absolute Gasteiger partial charge is 0.454 e. The zero-order chi connectivity index (χ0) is 17.1. The van der Waals surface area contributed by atoms with Crippen molar-refractivity contribution in [3.8, 4) is 11.5 Å². The van der Waals surface area contributed by atoms with Crippen molar-refractivity contribution in [2.75, 3.05) is 17.4 Å². The van der Waals surface area contributed by atoms with Crippen LogP contribution in [0.3, 0.4) is 0 Å². The Bertz CT molecular complexity index is 898. The standard InChI is InChI=1S/C18H14N4O3/c23-18(12-6-7-14-15(10-12)25-11-24-14)20-17-9-8-16(21-22-17)19-13-4-2-1-3-5-13/h1-10H,11H2,(H,19,21)(H,20,22,23). The van der Waals surface area contributed by atoms with Gasteiger partial charge in [-0.1, -0.05) is 18.2 Å². The lowest BCUT2D eigenvalue weighted by Gasteiger charge is -2.07. The summed E-state index contributed by atoms with van der Waals surface area (Å²) in [6.07, 6.45) is 0. The molecule has 1 aliphatic heterocycles. The number of aromatic nitrogens is 2. The lowest BCUT2D eigenvalue weighted by Crippen LogP contribution is -2.13. The number of hydrogen-bond acceptors (Lipinski definition) is 6. The molecule has 0 saturated carbocycles. The van der Waals surface area contributed by atoms with Crippen molar-refractivity contribution >= 4 is 23.2 Å². The number of nitrogens with one attached hydrogen (secondary N) is 2. The van der Waals surface area contributed by atoms with Crippen molar-refractivity contribution in [2.45, 2.75) is 0 Å². The highest BCUT2D eigenvalue weighted by atomic mass is 16.7. The Morgan fingerprint density at radius 3 is 2.44 bits per heavy atom. The first kappa shape index (κ1) is 14.9.